The molecule has 3 nitrogen and oxygen atoms in total. The molecule has 2 N–H and O–H groups in total. The Morgan fingerprint density at radius 1 is 1.31 bits per heavy atom. The summed E-state index contributed by atoms with van der Waals surface area (Å²) in [4.78, 5) is 0. The predicted octanol–water partition coefficient (Wildman–Crippen LogP) is 1.39. The molecule has 0 radical (unpaired) electrons. The van der Waals surface area contributed by atoms with E-state index >= 15 is 0 Å². The van der Waals surface area contributed by atoms with Crippen molar-refractivity contribution < 1.29 is 4.74 Å². The zero-order valence-electron chi connectivity index (χ0n) is 10.9. The predicted molar refractivity (Wildman–Crippen MR) is 66.6 cm³/mol. The summed E-state index contributed by atoms with van der Waals surface area (Å²) >= 11 is 0. The molecule has 2 atom stereocenters. The van der Waals surface area contributed by atoms with Crippen LogP contribution in [-0.2, 0) is 4.74 Å². The smallest absolute Gasteiger partial charge is 0.0652 e. The van der Waals surface area contributed by atoms with E-state index in [1.165, 1.54) is 38.9 Å². The number of hydrogen-bond donors (Lipinski definition) is 2. The van der Waals surface area contributed by atoms with Gasteiger partial charge in [-0.25, -0.2) is 0 Å². The molecule has 1 heterocycles. The van der Waals surface area contributed by atoms with Gasteiger partial charge in [-0.2, -0.15) is 0 Å². The van der Waals surface area contributed by atoms with Gasteiger partial charge < -0.3 is 15.4 Å². The van der Waals surface area contributed by atoms with Crippen LogP contribution in [0, 0.1) is 11.3 Å². The first kappa shape index (κ1) is 12.3. The largest absolute Gasteiger partial charge is 0.381 e. The highest BCUT2D eigenvalue weighted by molar-refractivity contribution is 5.02. The summed E-state index contributed by atoms with van der Waals surface area (Å²) in [6.45, 7) is 8.20. The zero-order valence-corrected chi connectivity index (χ0v) is 10.9. The van der Waals surface area contributed by atoms with E-state index in [-0.39, 0.29) is 0 Å². The normalized spacial score (nSPS) is 34.7. The van der Waals surface area contributed by atoms with Gasteiger partial charge in [-0.1, -0.05) is 13.8 Å². The number of methoxy groups -OCH3 is 1. The topological polar surface area (TPSA) is 33.3 Å². The average Bonchev–Trinajstić information content (AvgIpc) is 2.29. The molecule has 3 heteroatoms. The monoisotopic (exact) mass is 226 g/mol. The van der Waals surface area contributed by atoms with Crippen molar-refractivity contribution in [1.82, 2.24) is 10.6 Å². The molecular formula is C13H26N2O. The highest BCUT2D eigenvalue weighted by Gasteiger charge is 2.48. The van der Waals surface area contributed by atoms with Gasteiger partial charge in [0.1, 0.15) is 0 Å². The molecule has 0 amide bonds. The number of ether oxygens (including phenoxy) is 1. The molecule has 0 spiro atoms. The van der Waals surface area contributed by atoms with Crippen molar-refractivity contribution in [2.45, 2.75) is 45.3 Å². The van der Waals surface area contributed by atoms with Gasteiger partial charge in [0, 0.05) is 18.6 Å². The highest BCUT2D eigenvalue weighted by atomic mass is 16.5. The number of nitrogens with one attached hydrogen (secondary N) is 2. The van der Waals surface area contributed by atoms with Crippen molar-refractivity contribution in [3.8, 4) is 0 Å². The van der Waals surface area contributed by atoms with E-state index in [4.69, 9.17) is 4.74 Å². The van der Waals surface area contributed by atoms with Crippen molar-refractivity contribution >= 4 is 0 Å². The molecule has 1 aliphatic carbocycles. The third kappa shape index (κ3) is 2.41. The first-order valence-corrected chi connectivity index (χ1v) is 6.61. The molecule has 2 unspecified atom stereocenters. The fourth-order valence-electron chi connectivity index (χ4n) is 3.03. The van der Waals surface area contributed by atoms with Gasteiger partial charge in [-0.3, -0.25) is 0 Å². The fraction of sp³-hybridized carbons (Fsp3) is 1.00. The Bertz CT molecular complexity index is 224. The van der Waals surface area contributed by atoms with Crippen molar-refractivity contribution in [2.75, 3.05) is 26.7 Å². The molecule has 0 bridgehead atoms. The highest BCUT2D eigenvalue weighted by Crippen LogP contribution is 2.42. The Balaban J connectivity index is 1.71. The van der Waals surface area contributed by atoms with Gasteiger partial charge >= 0.3 is 0 Å². The summed E-state index contributed by atoms with van der Waals surface area (Å²) in [5.41, 5.74) is 0.307. The standard InChI is InChI=1S/C13H26N2O/c1-13(2)11(8-12(13)16-3)15-9-10-4-6-14-7-5-10/h10-12,14-15H,4-9H2,1-3H3. The maximum absolute atomic E-state index is 5.47. The lowest BCUT2D eigenvalue weighted by Gasteiger charge is -2.52. The third-order valence-electron chi connectivity index (χ3n) is 4.57. The Morgan fingerprint density at radius 3 is 2.56 bits per heavy atom. The van der Waals surface area contributed by atoms with Gasteiger partial charge in [0.25, 0.3) is 0 Å². The second kappa shape index (κ2) is 5.03. The minimum absolute atomic E-state index is 0.307. The van der Waals surface area contributed by atoms with Crippen LogP contribution < -0.4 is 10.6 Å². The molecule has 1 saturated heterocycles. The number of hydrogen-bond acceptors (Lipinski definition) is 3. The molecule has 0 aromatic rings. The van der Waals surface area contributed by atoms with Crippen LogP contribution in [0.15, 0.2) is 0 Å². The molecule has 1 saturated carbocycles. The molecule has 0 aromatic carbocycles. The van der Waals surface area contributed by atoms with Crippen LogP contribution in [0.25, 0.3) is 0 Å². The molecule has 16 heavy (non-hydrogen) atoms. The van der Waals surface area contributed by atoms with Crippen LogP contribution in [0.5, 0.6) is 0 Å². The van der Waals surface area contributed by atoms with E-state index in [2.05, 4.69) is 24.5 Å². The van der Waals surface area contributed by atoms with Gasteiger partial charge in [0.2, 0.25) is 0 Å². The lowest BCUT2D eigenvalue weighted by atomic mass is 9.64. The van der Waals surface area contributed by atoms with Crippen LogP contribution in [-0.4, -0.2) is 38.9 Å². The SMILES string of the molecule is COC1CC(NCC2CCNCC2)C1(C)C. The fourth-order valence-corrected chi connectivity index (χ4v) is 3.03. The van der Waals surface area contributed by atoms with Gasteiger partial charge in [-0.05, 0) is 44.8 Å². The Morgan fingerprint density at radius 2 is 2.00 bits per heavy atom. The van der Waals surface area contributed by atoms with Crippen LogP contribution in [0.3, 0.4) is 0 Å². The van der Waals surface area contributed by atoms with Crippen LogP contribution in [0.2, 0.25) is 0 Å². The molecule has 94 valence electrons. The molecular weight excluding hydrogens is 200 g/mol. The van der Waals surface area contributed by atoms with E-state index in [1.807, 2.05) is 7.11 Å². The molecule has 2 aliphatic rings. The summed E-state index contributed by atoms with van der Waals surface area (Å²) < 4.78 is 5.47. The van der Waals surface area contributed by atoms with E-state index in [1.54, 1.807) is 0 Å². The van der Waals surface area contributed by atoms with E-state index in [0.29, 0.717) is 17.6 Å². The van der Waals surface area contributed by atoms with Gasteiger partial charge in [0.05, 0.1) is 6.10 Å². The quantitative estimate of drug-likeness (QED) is 0.760. The van der Waals surface area contributed by atoms with Crippen molar-refractivity contribution in [3.05, 3.63) is 0 Å². The Labute approximate surface area is 99.3 Å². The van der Waals surface area contributed by atoms with E-state index < -0.39 is 0 Å². The number of piperidine rings is 1. The minimum atomic E-state index is 0.307. The minimum Gasteiger partial charge on any atom is -0.381 e. The van der Waals surface area contributed by atoms with Crippen molar-refractivity contribution in [3.63, 3.8) is 0 Å². The lowest BCUT2D eigenvalue weighted by Crippen LogP contribution is -2.61. The average molecular weight is 226 g/mol. The van der Waals surface area contributed by atoms with Gasteiger partial charge in [-0.15, -0.1) is 0 Å². The first-order valence-electron chi connectivity index (χ1n) is 6.61. The maximum atomic E-state index is 5.47. The van der Waals surface area contributed by atoms with Crippen LogP contribution >= 0.6 is 0 Å². The molecule has 2 rings (SSSR count). The first-order chi connectivity index (χ1) is 7.64. The molecule has 0 aromatic heterocycles. The number of rotatable bonds is 4. The Kier molecular flexibility index (Phi) is 3.88. The van der Waals surface area contributed by atoms with E-state index in [0.717, 1.165) is 5.92 Å². The summed E-state index contributed by atoms with van der Waals surface area (Å²) in [7, 11) is 1.83. The summed E-state index contributed by atoms with van der Waals surface area (Å²) in [6.07, 6.45) is 4.27. The van der Waals surface area contributed by atoms with E-state index in [9.17, 15) is 0 Å². The third-order valence-corrected chi connectivity index (χ3v) is 4.57. The van der Waals surface area contributed by atoms with Crippen molar-refractivity contribution in [1.29, 1.82) is 0 Å². The van der Waals surface area contributed by atoms with Crippen molar-refractivity contribution in [2.24, 2.45) is 11.3 Å². The Hall–Kier alpha value is -0.120. The van der Waals surface area contributed by atoms with Crippen LogP contribution in [0.1, 0.15) is 33.1 Å². The molecule has 1 aliphatic heterocycles. The second-order valence-electron chi connectivity index (χ2n) is 5.94. The zero-order chi connectivity index (χ0) is 11.6. The summed E-state index contributed by atoms with van der Waals surface area (Å²) in [5, 5.41) is 7.15. The lowest BCUT2D eigenvalue weighted by molar-refractivity contribution is -0.0982. The van der Waals surface area contributed by atoms with Crippen LogP contribution in [0.4, 0.5) is 0 Å². The van der Waals surface area contributed by atoms with Gasteiger partial charge in [0.15, 0.2) is 0 Å². The summed E-state index contributed by atoms with van der Waals surface area (Å²) in [5.74, 6) is 0.874. The maximum Gasteiger partial charge on any atom is 0.0652 e. The molecule has 2 fully saturated rings. The second-order valence-corrected chi connectivity index (χ2v) is 5.94. The summed E-state index contributed by atoms with van der Waals surface area (Å²) in [6, 6.07) is 0.646.